The van der Waals surface area contributed by atoms with Gasteiger partial charge in [0.2, 0.25) is 0 Å². The summed E-state index contributed by atoms with van der Waals surface area (Å²) < 4.78 is 0.387. The molecule has 0 aromatic heterocycles. The fourth-order valence-electron chi connectivity index (χ4n) is 0.110. The second-order valence-electron chi connectivity index (χ2n) is 0.670. The molecule has 0 saturated carbocycles. The lowest BCUT2D eigenvalue weighted by Gasteiger charge is -1.72. The van der Waals surface area contributed by atoms with Crippen molar-refractivity contribution in [2.75, 3.05) is 0 Å². The highest BCUT2D eigenvalue weighted by Crippen LogP contribution is 1.80. The van der Waals surface area contributed by atoms with Gasteiger partial charge in [-0.3, -0.25) is 0 Å². The predicted molar refractivity (Wildman–Crippen MR) is 35.8 cm³/mol. The maximum Gasteiger partial charge on any atom is 0.156 e. The molecule has 1 nitrogen and oxygen atoms in total. The summed E-state index contributed by atoms with van der Waals surface area (Å²) in [7, 11) is 0. The summed E-state index contributed by atoms with van der Waals surface area (Å²) in [6, 6.07) is 0. The van der Waals surface area contributed by atoms with E-state index < -0.39 is 0 Å². The second-order valence-corrected chi connectivity index (χ2v) is 1.78. The maximum absolute atomic E-state index is 4.46. The number of hydrogen-bond donors (Lipinski definition) is 1. The molecule has 0 aromatic rings. The summed E-state index contributed by atoms with van der Waals surface area (Å²) in [5, 5.41) is 0. The van der Waals surface area contributed by atoms with Gasteiger partial charge in [-0.15, -0.1) is 12.6 Å². The lowest BCUT2D eigenvalue weighted by Crippen LogP contribution is -1.69. The molecule has 6 heavy (non-hydrogen) atoms. The van der Waals surface area contributed by atoms with Gasteiger partial charge in [0, 0.05) is 6.21 Å². The van der Waals surface area contributed by atoms with Crippen molar-refractivity contribution in [3.63, 3.8) is 0 Å². The van der Waals surface area contributed by atoms with Crippen LogP contribution in [0.2, 0.25) is 0 Å². The van der Waals surface area contributed by atoms with E-state index in [2.05, 4.69) is 29.8 Å². The van der Waals surface area contributed by atoms with Crippen LogP contribution in [0.3, 0.4) is 0 Å². The molecule has 3 heteroatoms. The Morgan fingerprint density at radius 3 is 2.50 bits per heavy atom. The first-order valence-electron chi connectivity index (χ1n) is 1.49. The van der Waals surface area contributed by atoms with Gasteiger partial charge in [0.1, 0.15) is 0 Å². The van der Waals surface area contributed by atoms with Crippen LogP contribution in [0.25, 0.3) is 0 Å². The summed E-state index contributed by atoms with van der Waals surface area (Å²) in [5.74, 6) is 0. The van der Waals surface area contributed by atoms with Crippen molar-refractivity contribution in [3.05, 3.63) is 0 Å². The van der Waals surface area contributed by atoms with E-state index in [-0.39, 0.29) is 0 Å². The molecule has 0 N–H and O–H groups in total. The van der Waals surface area contributed by atoms with Gasteiger partial charge in [0.15, 0.2) is 4.32 Å². The Morgan fingerprint density at radius 1 is 2.00 bits per heavy atom. The Labute approximate surface area is 47.9 Å². The van der Waals surface area contributed by atoms with Crippen molar-refractivity contribution < 1.29 is 0 Å². The van der Waals surface area contributed by atoms with Crippen molar-refractivity contribution in [3.8, 4) is 0 Å². The van der Waals surface area contributed by atoms with Gasteiger partial charge in [-0.05, 0) is 6.92 Å². The number of nitrogens with zero attached hydrogens (tertiary/aromatic N) is 1. The zero-order valence-electron chi connectivity index (χ0n) is 3.38. The molecule has 0 fully saturated rings. The lowest BCUT2D eigenvalue weighted by atomic mass is 10.9. The molecule has 0 spiro atoms. The number of rotatable bonds is 0. The highest BCUT2D eigenvalue weighted by molar-refractivity contribution is 8.11. The van der Waals surface area contributed by atoms with Crippen LogP contribution in [0.1, 0.15) is 6.92 Å². The van der Waals surface area contributed by atoms with Gasteiger partial charge >= 0.3 is 0 Å². The van der Waals surface area contributed by atoms with E-state index in [1.165, 1.54) is 0 Å². The summed E-state index contributed by atoms with van der Waals surface area (Å²) in [6.45, 7) is 1.79. The average molecular weight is 119 g/mol. The SMILES string of the molecule is CC=NC(=S)S. The number of hydrogen-bond acceptors (Lipinski definition) is 1. The molecule has 0 rings (SSSR count). The smallest absolute Gasteiger partial charge is 0.156 e. The average Bonchev–Trinajstić information content (AvgIpc) is 1.35. The summed E-state index contributed by atoms with van der Waals surface area (Å²) in [6.07, 6.45) is 1.61. The third kappa shape index (κ3) is 4.11. The van der Waals surface area contributed by atoms with Crippen LogP contribution in [-0.2, 0) is 0 Å². The molecule has 0 aliphatic carbocycles. The van der Waals surface area contributed by atoms with E-state index in [1.54, 1.807) is 13.1 Å². The van der Waals surface area contributed by atoms with Crippen LogP contribution < -0.4 is 0 Å². The molecule has 0 unspecified atom stereocenters. The van der Waals surface area contributed by atoms with Crippen LogP contribution in [0, 0.1) is 0 Å². The number of thiol groups is 1. The number of aliphatic imine (C=N–C) groups is 1. The molecule has 0 aliphatic rings. The van der Waals surface area contributed by atoms with Crippen molar-refractivity contribution >= 4 is 35.4 Å². The fourth-order valence-corrected chi connectivity index (χ4v) is 0.331. The fraction of sp³-hybridized carbons (Fsp3) is 0.333. The largest absolute Gasteiger partial charge is 0.243 e. The molecular weight excluding hydrogens is 114 g/mol. The van der Waals surface area contributed by atoms with Crippen LogP contribution in [-0.4, -0.2) is 10.5 Å². The molecule has 0 radical (unpaired) electrons. The van der Waals surface area contributed by atoms with E-state index in [9.17, 15) is 0 Å². The normalized spacial score (nSPS) is 9.67. The first-order valence-corrected chi connectivity index (χ1v) is 2.34. The van der Waals surface area contributed by atoms with E-state index in [0.717, 1.165) is 0 Å². The number of thiocarbonyl (C=S) groups is 1. The zero-order chi connectivity index (χ0) is 4.99. The highest BCUT2D eigenvalue weighted by Gasteiger charge is 1.68. The Hall–Kier alpha value is 0.110. The minimum Gasteiger partial charge on any atom is -0.243 e. The van der Waals surface area contributed by atoms with E-state index in [0.29, 0.717) is 4.32 Å². The van der Waals surface area contributed by atoms with Gasteiger partial charge in [0.25, 0.3) is 0 Å². The Kier molecular flexibility index (Phi) is 3.37. The Bertz CT molecular complexity index is 76.9. The zero-order valence-corrected chi connectivity index (χ0v) is 5.09. The molecule has 0 saturated heterocycles. The van der Waals surface area contributed by atoms with Gasteiger partial charge in [-0.25, -0.2) is 4.99 Å². The lowest BCUT2D eigenvalue weighted by molar-refractivity contribution is 1.81. The van der Waals surface area contributed by atoms with Crippen molar-refractivity contribution in [2.24, 2.45) is 4.99 Å². The first-order chi connectivity index (χ1) is 2.77. The van der Waals surface area contributed by atoms with Gasteiger partial charge in [-0.2, -0.15) is 0 Å². The van der Waals surface area contributed by atoms with Crippen molar-refractivity contribution in [2.45, 2.75) is 6.92 Å². The standard InChI is InChI=1S/C3H5NS2/c1-2-4-3(5)6/h2H,1H3,(H,5,6). The van der Waals surface area contributed by atoms with Crippen molar-refractivity contribution in [1.29, 1.82) is 0 Å². The van der Waals surface area contributed by atoms with Crippen LogP contribution in [0.5, 0.6) is 0 Å². The van der Waals surface area contributed by atoms with Crippen LogP contribution >= 0.6 is 24.8 Å². The summed E-state index contributed by atoms with van der Waals surface area (Å²) >= 11 is 8.17. The maximum atomic E-state index is 4.46. The van der Waals surface area contributed by atoms with E-state index >= 15 is 0 Å². The Balaban J connectivity index is 3.30. The Morgan fingerprint density at radius 2 is 2.50 bits per heavy atom. The summed E-state index contributed by atoms with van der Waals surface area (Å²) in [4.78, 5) is 3.60. The highest BCUT2D eigenvalue weighted by atomic mass is 32.1. The third-order valence-electron chi connectivity index (χ3n) is 0.240. The topological polar surface area (TPSA) is 12.4 Å². The van der Waals surface area contributed by atoms with E-state index in [4.69, 9.17) is 0 Å². The molecule has 0 aliphatic heterocycles. The monoisotopic (exact) mass is 119 g/mol. The molecule has 34 valence electrons. The van der Waals surface area contributed by atoms with Gasteiger partial charge in [0.05, 0.1) is 0 Å². The molecule has 0 heterocycles. The molecule has 0 amide bonds. The minimum absolute atomic E-state index is 0.387. The predicted octanol–water partition coefficient (Wildman–Crippen LogP) is 1.29. The third-order valence-corrected chi connectivity index (χ3v) is 0.460. The van der Waals surface area contributed by atoms with Gasteiger partial charge in [-0.1, -0.05) is 12.2 Å². The molecular formula is C3H5NS2. The van der Waals surface area contributed by atoms with Crippen molar-refractivity contribution in [1.82, 2.24) is 0 Å². The quantitative estimate of drug-likeness (QED) is 0.288. The molecule has 0 bridgehead atoms. The minimum atomic E-state index is 0.387. The second kappa shape index (κ2) is 3.31. The summed E-state index contributed by atoms with van der Waals surface area (Å²) in [5.41, 5.74) is 0. The van der Waals surface area contributed by atoms with Crippen LogP contribution in [0.4, 0.5) is 0 Å². The van der Waals surface area contributed by atoms with E-state index in [1.807, 2.05) is 0 Å². The first kappa shape index (κ1) is 6.11. The van der Waals surface area contributed by atoms with Crippen LogP contribution in [0.15, 0.2) is 4.99 Å². The van der Waals surface area contributed by atoms with Gasteiger partial charge < -0.3 is 0 Å². The molecule has 0 atom stereocenters. The molecule has 0 aromatic carbocycles.